The van der Waals surface area contributed by atoms with Gasteiger partial charge in [0.15, 0.2) is 11.5 Å². The maximum absolute atomic E-state index is 13.2. The lowest BCUT2D eigenvalue weighted by molar-refractivity contribution is -0.122. The third-order valence-electron chi connectivity index (χ3n) is 5.59. The topological polar surface area (TPSA) is 84.9 Å². The molecular weight excluding hydrogens is 524 g/mol. The Morgan fingerprint density at radius 2 is 1.67 bits per heavy atom. The molecule has 1 fully saturated rings. The monoisotopic (exact) mass is 548 g/mol. The smallest absolute Gasteiger partial charge is 0.335 e. The Morgan fingerprint density at radius 1 is 0.944 bits per heavy atom. The lowest BCUT2D eigenvalue weighted by atomic mass is 10.1. The average Bonchev–Trinajstić information content (AvgIpc) is 2.80. The number of imide groups is 2. The first-order chi connectivity index (χ1) is 17.2. The highest BCUT2D eigenvalue weighted by atomic mass is 79.9. The molecule has 3 aromatic rings. The van der Waals surface area contributed by atoms with Gasteiger partial charge in [-0.15, -0.1) is 0 Å². The van der Waals surface area contributed by atoms with E-state index in [0.717, 1.165) is 27.2 Å². The quantitative estimate of drug-likeness (QED) is 0.318. The summed E-state index contributed by atoms with van der Waals surface area (Å²) in [7, 11) is 1.51. The number of nitrogens with one attached hydrogen (secondary N) is 1. The van der Waals surface area contributed by atoms with Gasteiger partial charge in [-0.2, -0.15) is 0 Å². The molecule has 0 unspecified atom stereocenters. The molecule has 184 valence electrons. The fraction of sp³-hybridized carbons (Fsp3) is 0.179. The summed E-state index contributed by atoms with van der Waals surface area (Å²) >= 11 is 3.52. The van der Waals surface area contributed by atoms with Gasteiger partial charge in [0.1, 0.15) is 12.2 Å². The van der Waals surface area contributed by atoms with E-state index in [1.807, 2.05) is 26.8 Å². The summed E-state index contributed by atoms with van der Waals surface area (Å²) in [6.07, 6.45) is 1.42. The molecule has 1 aliphatic heterocycles. The number of urea groups is 1. The third kappa shape index (κ3) is 5.33. The third-order valence-corrected chi connectivity index (χ3v) is 6.18. The number of ether oxygens (including phenoxy) is 2. The predicted octanol–water partition coefficient (Wildman–Crippen LogP) is 5.63. The lowest BCUT2D eigenvalue weighted by Gasteiger charge is -2.26. The van der Waals surface area contributed by atoms with Crippen molar-refractivity contribution >= 4 is 45.5 Å². The van der Waals surface area contributed by atoms with Crippen LogP contribution < -0.4 is 19.7 Å². The summed E-state index contributed by atoms with van der Waals surface area (Å²) in [5, 5.41) is 2.24. The molecule has 1 N–H and O–H groups in total. The zero-order chi connectivity index (χ0) is 26.0. The van der Waals surface area contributed by atoms with E-state index in [4.69, 9.17) is 9.47 Å². The number of halogens is 1. The summed E-state index contributed by atoms with van der Waals surface area (Å²) in [6, 6.07) is 15.7. The van der Waals surface area contributed by atoms with E-state index in [1.165, 1.54) is 13.2 Å². The van der Waals surface area contributed by atoms with E-state index < -0.39 is 17.8 Å². The summed E-state index contributed by atoms with van der Waals surface area (Å²) < 4.78 is 12.2. The highest BCUT2D eigenvalue weighted by Crippen LogP contribution is 2.38. The van der Waals surface area contributed by atoms with E-state index in [-0.39, 0.29) is 5.57 Å². The van der Waals surface area contributed by atoms with Crippen LogP contribution in [0, 0.1) is 20.8 Å². The van der Waals surface area contributed by atoms with Crippen LogP contribution in [0.15, 0.2) is 64.6 Å². The van der Waals surface area contributed by atoms with Crippen LogP contribution in [0.2, 0.25) is 0 Å². The Hall–Kier alpha value is -3.91. The van der Waals surface area contributed by atoms with Crippen LogP contribution in [-0.2, 0) is 16.2 Å². The average molecular weight is 549 g/mol. The molecular formula is C28H25BrN2O5. The number of carbonyl (C=O) groups excluding carboxylic acids is 3. The molecule has 36 heavy (non-hydrogen) atoms. The molecule has 0 aliphatic carbocycles. The van der Waals surface area contributed by atoms with Gasteiger partial charge < -0.3 is 9.47 Å². The lowest BCUT2D eigenvalue weighted by Crippen LogP contribution is -2.54. The van der Waals surface area contributed by atoms with Crippen molar-refractivity contribution in [2.75, 3.05) is 12.0 Å². The number of amides is 4. The fourth-order valence-electron chi connectivity index (χ4n) is 4.10. The Morgan fingerprint density at radius 3 is 2.33 bits per heavy atom. The van der Waals surface area contributed by atoms with Gasteiger partial charge >= 0.3 is 6.03 Å². The van der Waals surface area contributed by atoms with E-state index in [1.54, 1.807) is 30.3 Å². The van der Waals surface area contributed by atoms with Crippen molar-refractivity contribution in [3.63, 3.8) is 0 Å². The second kappa shape index (κ2) is 10.4. The molecule has 0 atom stereocenters. The largest absolute Gasteiger partial charge is 0.493 e. The molecule has 1 heterocycles. The Kier molecular flexibility index (Phi) is 7.26. The van der Waals surface area contributed by atoms with Gasteiger partial charge in [0.25, 0.3) is 11.8 Å². The van der Waals surface area contributed by atoms with E-state index >= 15 is 0 Å². The van der Waals surface area contributed by atoms with Crippen molar-refractivity contribution in [2.45, 2.75) is 27.4 Å². The molecule has 1 saturated heterocycles. The number of benzene rings is 3. The molecule has 0 radical (unpaired) electrons. The van der Waals surface area contributed by atoms with Crippen molar-refractivity contribution in [1.29, 1.82) is 0 Å². The SMILES string of the molecule is COc1cc(/C=C2\C(=O)NC(=O)N(c3cccc(C)c3)C2=O)cc(Br)c1OCc1cc(C)cc(C)c1. The highest BCUT2D eigenvalue weighted by Gasteiger charge is 2.36. The van der Waals surface area contributed by atoms with Crippen molar-refractivity contribution < 1.29 is 23.9 Å². The summed E-state index contributed by atoms with van der Waals surface area (Å²) in [5.41, 5.74) is 4.93. The molecule has 0 spiro atoms. The van der Waals surface area contributed by atoms with Crippen molar-refractivity contribution in [2.24, 2.45) is 0 Å². The van der Waals surface area contributed by atoms with E-state index in [0.29, 0.717) is 33.8 Å². The first-order valence-electron chi connectivity index (χ1n) is 11.2. The van der Waals surface area contributed by atoms with Crippen LogP contribution in [0.5, 0.6) is 11.5 Å². The molecule has 8 heteroatoms. The minimum Gasteiger partial charge on any atom is -0.493 e. The van der Waals surface area contributed by atoms with Gasteiger partial charge in [0.2, 0.25) is 0 Å². The number of anilines is 1. The van der Waals surface area contributed by atoms with Gasteiger partial charge in [0, 0.05) is 0 Å². The Balaban J connectivity index is 1.64. The molecule has 0 saturated carbocycles. The van der Waals surface area contributed by atoms with Crippen molar-refractivity contribution in [3.05, 3.63) is 92.5 Å². The van der Waals surface area contributed by atoms with Gasteiger partial charge in [-0.05, 0) is 83.7 Å². The van der Waals surface area contributed by atoms with Gasteiger partial charge in [-0.25, -0.2) is 9.69 Å². The maximum atomic E-state index is 13.2. The van der Waals surface area contributed by atoms with Gasteiger partial charge in [-0.1, -0.05) is 41.5 Å². The standard InChI is InChI=1S/C28H25BrN2O5/c1-16-6-5-7-21(11-16)31-27(33)22(26(32)30-28(31)34)12-19-13-23(29)25(24(14-19)35-4)36-15-20-9-17(2)8-18(3)10-20/h5-14H,15H2,1-4H3,(H,30,32,34)/b22-12+. The van der Waals surface area contributed by atoms with Crippen LogP contribution >= 0.6 is 15.9 Å². The van der Waals surface area contributed by atoms with Gasteiger partial charge in [0.05, 0.1) is 17.3 Å². The number of methoxy groups -OCH3 is 1. The van der Waals surface area contributed by atoms with Crippen LogP contribution in [0.4, 0.5) is 10.5 Å². The molecule has 4 amide bonds. The first kappa shape index (κ1) is 25.2. The summed E-state index contributed by atoms with van der Waals surface area (Å²) in [4.78, 5) is 39.2. The molecule has 7 nitrogen and oxygen atoms in total. The second-order valence-corrected chi connectivity index (χ2v) is 9.47. The predicted molar refractivity (Wildman–Crippen MR) is 141 cm³/mol. The van der Waals surface area contributed by atoms with E-state index in [2.05, 4.69) is 39.4 Å². The normalized spacial score (nSPS) is 14.8. The van der Waals surface area contributed by atoms with Crippen LogP contribution in [0.3, 0.4) is 0 Å². The number of aryl methyl sites for hydroxylation is 3. The number of rotatable bonds is 6. The zero-order valence-electron chi connectivity index (χ0n) is 20.3. The molecule has 0 bridgehead atoms. The van der Waals surface area contributed by atoms with Gasteiger partial charge in [-0.3, -0.25) is 14.9 Å². The van der Waals surface area contributed by atoms with Crippen LogP contribution in [0.25, 0.3) is 6.08 Å². The first-order valence-corrected chi connectivity index (χ1v) is 12.0. The molecule has 0 aromatic heterocycles. The van der Waals surface area contributed by atoms with Crippen LogP contribution in [0.1, 0.15) is 27.8 Å². The number of hydrogen-bond acceptors (Lipinski definition) is 5. The second-order valence-electron chi connectivity index (χ2n) is 8.62. The van der Waals surface area contributed by atoms with Crippen molar-refractivity contribution in [3.8, 4) is 11.5 Å². The molecule has 3 aromatic carbocycles. The molecule has 1 aliphatic rings. The summed E-state index contributed by atoms with van der Waals surface area (Å²) in [5.74, 6) is -0.551. The minimum absolute atomic E-state index is 0.172. The number of nitrogens with zero attached hydrogens (tertiary/aromatic N) is 1. The highest BCUT2D eigenvalue weighted by molar-refractivity contribution is 9.10. The molecule has 4 rings (SSSR count). The zero-order valence-corrected chi connectivity index (χ0v) is 21.9. The minimum atomic E-state index is -0.790. The number of hydrogen-bond donors (Lipinski definition) is 1. The Labute approximate surface area is 217 Å². The summed E-state index contributed by atoms with van der Waals surface area (Å²) in [6.45, 7) is 6.26. The Bertz CT molecular complexity index is 1390. The van der Waals surface area contributed by atoms with Crippen molar-refractivity contribution in [1.82, 2.24) is 5.32 Å². The number of carbonyl (C=O) groups is 3. The number of barbiturate groups is 1. The fourth-order valence-corrected chi connectivity index (χ4v) is 4.67. The van der Waals surface area contributed by atoms with Crippen LogP contribution in [-0.4, -0.2) is 25.0 Å². The maximum Gasteiger partial charge on any atom is 0.335 e. The van der Waals surface area contributed by atoms with E-state index in [9.17, 15) is 14.4 Å².